The maximum absolute atomic E-state index is 14.3. The van der Waals surface area contributed by atoms with Gasteiger partial charge >= 0.3 is 0 Å². The minimum Gasteiger partial charge on any atom is -0.357 e. The third-order valence-corrected chi connectivity index (χ3v) is 4.79. The quantitative estimate of drug-likeness (QED) is 0.623. The van der Waals surface area contributed by atoms with Crippen LogP contribution in [0.5, 0.6) is 5.75 Å². The Morgan fingerprint density at radius 3 is 2.39 bits per heavy atom. The highest BCUT2D eigenvalue weighted by molar-refractivity contribution is 5.86. The SMILES string of the molecule is Cc1cccc(-c2cnc(N3CCC(=NOc4ccccc4)CC3)nc2)c1F. The maximum atomic E-state index is 14.3. The van der Waals surface area contributed by atoms with Gasteiger partial charge in [0.05, 0.1) is 5.71 Å². The van der Waals surface area contributed by atoms with Crippen molar-refractivity contribution in [3.63, 3.8) is 0 Å². The molecule has 1 fully saturated rings. The Morgan fingerprint density at radius 1 is 0.964 bits per heavy atom. The molecular weight excluding hydrogens is 355 g/mol. The number of halogens is 1. The highest BCUT2D eigenvalue weighted by atomic mass is 19.1. The van der Waals surface area contributed by atoms with Gasteiger partial charge in [-0.25, -0.2) is 14.4 Å². The second kappa shape index (κ2) is 8.17. The van der Waals surface area contributed by atoms with E-state index in [1.54, 1.807) is 31.5 Å². The predicted molar refractivity (Wildman–Crippen MR) is 108 cm³/mol. The van der Waals surface area contributed by atoms with E-state index in [2.05, 4.69) is 20.0 Å². The lowest BCUT2D eigenvalue weighted by Gasteiger charge is -2.27. The Labute approximate surface area is 163 Å². The monoisotopic (exact) mass is 376 g/mol. The molecule has 0 saturated carbocycles. The normalized spacial score (nSPS) is 14.1. The van der Waals surface area contributed by atoms with Gasteiger partial charge in [0.25, 0.3) is 0 Å². The summed E-state index contributed by atoms with van der Waals surface area (Å²) in [6.45, 7) is 3.30. The van der Waals surface area contributed by atoms with E-state index >= 15 is 0 Å². The molecule has 1 saturated heterocycles. The van der Waals surface area contributed by atoms with Gasteiger partial charge in [0, 0.05) is 49.5 Å². The smallest absolute Gasteiger partial charge is 0.225 e. The molecule has 2 aromatic carbocycles. The summed E-state index contributed by atoms with van der Waals surface area (Å²) in [6, 6.07) is 14.9. The Morgan fingerprint density at radius 2 is 1.68 bits per heavy atom. The molecule has 0 spiro atoms. The summed E-state index contributed by atoms with van der Waals surface area (Å²) in [5, 5.41) is 4.26. The van der Waals surface area contributed by atoms with Crippen molar-refractivity contribution in [1.82, 2.24) is 9.97 Å². The highest BCUT2D eigenvalue weighted by Gasteiger charge is 2.18. The molecule has 1 aliphatic rings. The summed E-state index contributed by atoms with van der Waals surface area (Å²) < 4.78 is 14.3. The highest BCUT2D eigenvalue weighted by Crippen LogP contribution is 2.25. The molecule has 2 heterocycles. The van der Waals surface area contributed by atoms with Crippen LogP contribution in [0.3, 0.4) is 0 Å². The molecule has 3 aromatic rings. The van der Waals surface area contributed by atoms with Crippen LogP contribution in [0.2, 0.25) is 0 Å². The van der Waals surface area contributed by atoms with E-state index in [0.29, 0.717) is 22.6 Å². The lowest BCUT2D eigenvalue weighted by atomic mass is 10.1. The summed E-state index contributed by atoms with van der Waals surface area (Å²) in [7, 11) is 0. The predicted octanol–water partition coefficient (Wildman–Crippen LogP) is 4.63. The zero-order valence-electron chi connectivity index (χ0n) is 15.7. The van der Waals surface area contributed by atoms with Crippen LogP contribution in [0.25, 0.3) is 11.1 Å². The summed E-state index contributed by atoms with van der Waals surface area (Å²) in [5.41, 5.74) is 2.85. The van der Waals surface area contributed by atoms with Crippen LogP contribution in [-0.4, -0.2) is 28.8 Å². The van der Waals surface area contributed by atoms with E-state index in [-0.39, 0.29) is 5.82 Å². The number of piperidine rings is 1. The van der Waals surface area contributed by atoms with Crippen LogP contribution >= 0.6 is 0 Å². The topological polar surface area (TPSA) is 50.6 Å². The van der Waals surface area contributed by atoms with Crippen LogP contribution in [0.15, 0.2) is 66.1 Å². The van der Waals surface area contributed by atoms with Crippen LogP contribution in [-0.2, 0) is 0 Å². The molecule has 6 heteroatoms. The standard InChI is InChI=1S/C22H21FN4O/c1-16-6-5-9-20(21(16)23)17-14-24-22(25-15-17)27-12-10-18(11-13-27)26-28-19-7-3-2-4-8-19/h2-9,14-15H,10-13H2,1H3. The Kier molecular flexibility index (Phi) is 5.28. The molecule has 0 aliphatic carbocycles. The van der Waals surface area contributed by atoms with Gasteiger partial charge in [-0.15, -0.1) is 0 Å². The summed E-state index contributed by atoms with van der Waals surface area (Å²) >= 11 is 0. The third-order valence-electron chi connectivity index (χ3n) is 4.79. The van der Waals surface area contributed by atoms with Gasteiger partial charge < -0.3 is 9.74 Å². The third kappa shape index (κ3) is 4.01. The van der Waals surface area contributed by atoms with E-state index in [4.69, 9.17) is 4.84 Å². The molecule has 0 radical (unpaired) electrons. The lowest BCUT2D eigenvalue weighted by molar-refractivity contribution is 0.337. The Hall–Kier alpha value is -3.28. The van der Waals surface area contributed by atoms with Crippen molar-refractivity contribution in [2.24, 2.45) is 5.16 Å². The van der Waals surface area contributed by atoms with Gasteiger partial charge in [0.1, 0.15) is 5.82 Å². The summed E-state index contributed by atoms with van der Waals surface area (Å²) in [4.78, 5) is 16.5. The van der Waals surface area contributed by atoms with Crippen molar-refractivity contribution in [3.8, 4) is 16.9 Å². The number of hydrogen-bond acceptors (Lipinski definition) is 5. The average molecular weight is 376 g/mol. The number of nitrogens with zero attached hydrogens (tertiary/aromatic N) is 4. The van der Waals surface area contributed by atoms with Crippen LogP contribution in [0.1, 0.15) is 18.4 Å². The molecule has 1 aliphatic heterocycles. The molecule has 28 heavy (non-hydrogen) atoms. The van der Waals surface area contributed by atoms with Crippen molar-refractivity contribution in [2.75, 3.05) is 18.0 Å². The first-order valence-electron chi connectivity index (χ1n) is 9.31. The molecular formula is C22H21FN4O. The number of anilines is 1. The number of para-hydroxylation sites is 1. The van der Waals surface area contributed by atoms with E-state index in [0.717, 1.165) is 37.4 Å². The zero-order valence-corrected chi connectivity index (χ0v) is 15.7. The van der Waals surface area contributed by atoms with Gasteiger partial charge in [0.2, 0.25) is 5.95 Å². The Bertz CT molecular complexity index is 964. The lowest BCUT2D eigenvalue weighted by Crippen LogP contribution is -2.35. The number of rotatable bonds is 4. The Balaban J connectivity index is 1.39. The van der Waals surface area contributed by atoms with Gasteiger partial charge in [-0.05, 0) is 24.6 Å². The van der Waals surface area contributed by atoms with Crippen LogP contribution in [0.4, 0.5) is 10.3 Å². The van der Waals surface area contributed by atoms with Crippen molar-refractivity contribution in [1.29, 1.82) is 0 Å². The molecule has 5 nitrogen and oxygen atoms in total. The minimum absolute atomic E-state index is 0.226. The first-order chi connectivity index (χ1) is 13.7. The first kappa shape index (κ1) is 18.1. The van der Waals surface area contributed by atoms with E-state index in [1.807, 2.05) is 36.4 Å². The van der Waals surface area contributed by atoms with Crippen LogP contribution in [0, 0.1) is 12.7 Å². The molecule has 0 N–H and O–H groups in total. The van der Waals surface area contributed by atoms with Crippen molar-refractivity contribution in [3.05, 3.63) is 72.3 Å². The van der Waals surface area contributed by atoms with E-state index < -0.39 is 0 Å². The largest absolute Gasteiger partial charge is 0.357 e. The van der Waals surface area contributed by atoms with E-state index in [9.17, 15) is 4.39 Å². The molecule has 0 unspecified atom stereocenters. The minimum atomic E-state index is -0.226. The zero-order chi connectivity index (χ0) is 19.3. The van der Waals surface area contributed by atoms with Crippen LogP contribution < -0.4 is 9.74 Å². The fraction of sp³-hybridized carbons (Fsp3) is 0.227. The molecule has 0 amide bonds. The second-order valence-electron chi connectivity index (χ2n) is 6.76. The molecule has 1 aromatic heterocycles. The average Bonchev–Trinajstić information content (AvgIpc) is 2.76. The summed E-state index contributed by atoms with van der Waals surface area (Å²) in [5.74, 6) is 1.16. The molecule has 4 rings (SSSR count). The number of oxime groups is 1. The summed E-state index contributed by atoms with van der Waals surface area (Å²) in [6.07, 6.45) is 4.96. The van der Waals surface area contributed by atoms with Crippen molar-refractivity contribution < 1.29 is 9.23 Å². The van der Waals surface area contributed by atoms with Gasteiger partial charge in [-0.1, -0.05) is 41.6 Å². The van der Waals surface area contributed by atoms with Gasteiger partial charge in [-0.2, -0.15) is 0 Å². The van der Waals surface area contributed by atoms with Gasteiger partial charge in [0.15, 0.2) is 5.75 Å². The first-order valence-corrected chi connectivity index (χ1v) is 9.31. The maximum Gasteiger partial charge on any atom is 0.225 e. The number of benzene rings is 2. The second-order valence-corrected chi connectivity index (χ2v) is 6.76. The number of aryl methyl sites for hydroxylation is 1. The fourth-order valence-electron chi connectivity index (χ4n) is 3.15. The van der Waals surface area contributed by atoms with E-state index in [1.165, 1.54) is 0 Å². The number of aromatic nitrogens is 2. The fourth-order valence-corrected chi connectivity index (χ4v) is 3.15. The molecule has 0 bridgehead atoms. The van der Waals surface area contributed by atoms with Gasteiger partial charge in [-0.3, -0.25) is 0 Å². The van der Waals surface area contributed by atoms with Crippen molar-refractivity contribution >= 4 is 11.7 Å². The molecule has 142 valence electrons. The molecule has 0 atom stereocenters. The number of hydrogen-bond donors (Lipinski definition) is 0. The van der Waals surface area contributed by atoms with Crippen molar-refractivity contribution in [2.45, 2.75) is 19.8 Å².